The largest absolute Gasteiger partial charge is 0.315 e. The minimum absolute atomic E-state index is 0.260. The second kappa shape index (κ2) is 5.72. The van der Waals surface area contributed by atoms with Gasteiger partial charge in [-0.3, -0.25) is 0 Å². The zero-order valence-electron chi connectivity index (χ0n) is 10.0. The van der Waals surface area contributed by atoms with Crippen molar-refractivity contribution in [3.8, 4) is 0 Å². The molecule has 0 aromatic rings. The van der Waals surface area contributed by atoms with Crippen molar-refractivity contribution in [1.82, 2.24) is 10.6 Å². The number of hydrogen-bond acceptors (Lipinski definition) is 2. The highest BCUT2D eigenvalue weighted by atomic mass is 15.0. The summed E-state index contributed by atoms with van der Waals surface area (Å²) in [4.78, 5) is 0. The highest BCUT2D eigenvalue weighted by Crippen LogP contribution is 2.28. The Hall–Kier alpha value is -0.0800. The van der Waals surface area contributed by atoms with E-state index in [9.17, 15) is 0 Å². The molecule has 0 atom stereocenters. The van der Waals surface area contributed by atoms with Crippen LogP contribution < -0.4 is 10.6 Å². The van der Waals surface area contributed by atoms with Crippen LogP contribution in [0, 0.1) is 5.92 Å². The average molecular weight is 198 g/mol. The van der Waals surface area contributed by atoms with E-state index in [1.165, 1.54) is 32.2 Å². The third-order valence-electron chi connectivity index (χ3n) is 2.91. The normalized spacial score (nSPS) is 18.2. The first-order valence-electron chi connectivity index (χ1n) is 6.04. The van der Waals surface area contributed by atoms with Gasteiger partial charge in [0.15, 0.2) is 0 Å². The van der Waals surface area contributed by atoms with E-state index in [1.54, 1.807) is 0 Å². The van der Waals surface area contributed by atoms with Gasteiger partial charge in [0.25, 0.3) is 0 Å². The Bertz CT molecular complexity index is 145. The summed E-state index contributed by atoms with van der Waals surface area (Å²) in [6.07, 6.45) is 5.80. The smallest absolute Gasteiger partial charge is 0.00970 e. The molecule has 1 fully saturated rings. The van der Waals surface area contributed by atoms with Crippen molar-refractivity contribution in [1.29, 1.82) is 0 Å². The first-order valence-corrected chi connectivity index (χ1v) is 6.04. The second-order valence-electron chi connectivity index (χ2n) is 5.51. The molecule has 0 spiro atoms. The highest BCUT2D eigenvalue weighted by Gasteiger charge is 2.16. The van der Waals surface area contributed by atoms with Crippen LogP contribution in [0.4, 0.5) is 0 Å². The molecule has 2 N–H and O–H groups in total. The van der Waals surface area contributed by atoms with Crippen LogP contribution in [0.1, 0.15) is 46.5 Å². The molecule has 0 heterocycles. The standard InChI is InChI=1S/C12H26N2/c1-12(2,3)14-10-9-13-8-7-11-5-4-6-11/h11,13-14H,4-10H2,1-3H3. The van der Waals surface area contributed by atoms with Crippen molar-refractivity contribution in [3.63, 3.8) is 0 Å². The van der Waals surface area contributed by atoms with Gasteiger partial charge in [-0.25, -0.2) is 0 Å². The monoisotopic (exact) mass is 198 g/mol. The van der Waals surface area contributed by atoms with Crippen LogP contribution >= 0.6 is 0 Å². The van der Waals surface area contributed by atoms with Gasteiger partial charge in [0.05, 0.1) is 0 Å². The Balaban J connectivity index is 1.80. The molecule has 0 radical (unpaired) electrons. The molecule has 0 unspecified atom stereocenters. The molecular formula is C12H26N2. The molecule has 0 aliphatic heterocycles. The molecule has 0 saturated heterocycles. The summed E-state index contributed by atoms with van der Waals surface area (Å²) >= 11 is 0. The minimum atomic E-state index is 0.260. The molecular weight excluding hydrogens is 172 g/mol. The first kappa shape index (κ1) is 12.0. The topological polar surface area (TPSA) is 24.1 Å². The number of hydrogen-bond donors (Lipinski definition) is 2. The number of rotatable bonds is 6. The van der Waals surface area contributed by atoms with Gasteiger partial charge in [0.2, 0.25) is 0 Å². The predicted molar refractivity (Wildman–Crippen MR) is 62.6 cm³/mol. The molecule has 0 aromatic heterocycles. The van der Waals surface area contributed by atoms with Crippen molar-refractivity contribution in [3.05, 3.63) is 0 Å². The van der Waals surface area contributed by atoms with Gasteiger partial charge < -0.3 is 10.6 Å². The Kier molecular flexibility index (Phi) is 4.90. The van der Waals surface area contributed by atoms with E-state index in [0.29, 0.717) is 0 Å². The van der Waals surface area contributed by atoms with E-state index >= 15 is 0 Å². The van der Waals surface area contributed by atoms with Gasteiger partial charge in [-0.15, -0.1) is 0 Å². The summed E-state index contributed by atoms with van der Waals surface area (Å²) in [6.45, 7) is 10.0. The average Bonchev–Trinajstić information content (AvgIpc) is 1.97. The lowest BCUT2D eigenvalue weighted by atomic mass is 9.83. The third kappa shape index (κ3) is 5.61. The summed E-state index contributed by atoms with van der Waals surface area (Å²) < 4.78 is 0. The van der Waals surface area contributed by atoms with E-state index in [2.05, 4.69) is 31.4 Å². The van der Waals surface area contributed by atoms with Crippen LogP contribution in [-0.2, 0) is 0 Å². The van der Waals surface area contributed by atoms with Crippen LogP contribution in [0.15, 0.2) is 0 Å². The fourth-order valence-electron chi connectivity index (χ4n) is 1.74. The maximum absolute atomic E-state index is 3.49. The molecule has 0 bridgehead atoms. The summed E-state index contributed by atoms with van der Waals surface area (Å²) in [5, 5.41) is 6.97. The van der Waals surface area contributed by atoms with Crippen LogP contribution in [0.5, 0.6) is 0 Å². The van der Waals surface area contributed by atoms with Gasteiger partial charge in [0.1, 0.15) is 0 Å². The van der Waals surface area contributed by atoms with Gasteiger partial charge in [0, 0.05) is 18.6 Å². The lowest BCUT2D eigenvalue weighted by Gasteiger charge is -2.25. The van der Waals surface area contributed by atoms with E-state index in [1.807, 2.05) is 0 Å². The fraction of sp³-hybridized carbons (Fsp3) is 1.00. The molecule has 14 heavy (non-hydrogen) atoms. The van der Waals surface area contributed by atoms with Crippen molar-refractivity contribution >= 4 is 0 Å². The molecule has 0 aromatic carbocycles. The summed E-state index contributed by atoms with van der Waals surface area (Å²) in [5.74, 6) is 1.04. The van der Waals surface area contributed by atoms with Gasteiger partial charge in [-0.05, 0) is 39.7 Å². The quantitative estimate of drug-likeness (QED) is 0.639. The van der Waals surface area contributed by atoms with Crippen LogP contribution in [0.2, 0.25) is 0 Å². The third-order valence-corrected chi connectivity index (χ3v) is 2.91. The Labute approximate surface area is 88.8 Å². The first-order chi connectivity index (χ1) is 6.58. The van der Waals surface area contributed by atoms with Gasteiger partial charge >= 0.3 is 0 Å². The fourth-order valence-corrected chi connectivity index (χ4v) is 1.74. The summed E-state index contributed by atoms with van der Waals surface area (Å²) in [5.41, 5.74) is 0.260. The molecule has 1 saturated carbocycles. The zero-order valence-corrected chi connectivity index (χ0v) is 10.0. The van der Waals surface area contributed by atoms with Gasteiger partial charge in [-0.1, -0.05) is 19.3 Å². The molecule has 1 rings (SSSR count). The van der Waals surface area contributed by atoms with E-state index in [4.69, 9.17) is 0 Å². The highest BCUT2D eigenvalue weighted by molar-refractivity contribution is 4.72. The number of nitrogens with one attached hydrogen (secondary N) is 2. The van der Waals surface area contributed by atoms with Gasteiger partial charge in [-0.2, -0.15) is 0 Å². The minimum Gasteiger partial charge on any atom is -0.315 e. The maximum Gasteiger partial charge on any atom is 0.00970 e. The van der Waals surface area contributed by atoms with Crippen LogP contribution in [0.3, 0.4) is 0 Å². The van der Waals surface area contributed by atoms with Crippen LogP contribution in [-0.4, -0.2) is 25.2 Å². The molecule has 1 aliphatic rings. The molecule has 84 valence electrons. The van der Waals surface area contributed by atoms with Crippen molar-refractivity contribution < 1.29 is 0 Å². The Morgan fingerprint density at radius 1 is 1.07 bits per heavy atom. The van der Waals surface area contributed by atoms with E-state index < -0.39 is 0 Å². The van der Waals surface area contributed by atoms with Crippen molar-refractivity contribution in [2.45, 2.75) is 52.0 Å². The molecule has 2 heteroatoms. The Morgan fingerprint density at radius 3 is 2.29 bits per heavy atom. The zero-order chi connectivity index (χ0) is 10.4. The van der Waals surface area contributed by atoms with Crippen molar-refractivity contribution in [2.24, 2.45) is 5.92 Å². The summed E-state index contributed by atoms with van der Waals surface area (Å²) in [6, 6.07) is 0. The van der Waals surface area contributed by atoms with Crippen LogP contribution in [0.25, 0.3) is 0 Å². The van der Waals surface area contributed by atoms with Crippen molar-refractivity contribution in [2.75, 3.05) is 19.6 Å². The predicted octanol–water partition coefficient (Wildman–Crippen LogP) is 2.15. The lowest BCUT2D eigenvalue weighted by molar-refractivity contribution is 0.291. The maximum atomic E-state index is 3.49. The molecule has 2 nitrogen and oxygen atoms in total. The summed E-state index contributed by atoms with van der Waals surface area (Å²) in [7, 11) is 0. The molecule has 1 aliphatic carbocycles. The van der Waals surface area contributed by atoms with E-state index in [-0.39, 0.29) is 5.54 Å². The SMILES string of the molecule is CC(C)(C)NCCNCCC1CCC1. The second-order valence-corrected chi connectivity index (χ2v) is 5.51. The molecule has 0 amide bonds. The van der Waals surface area contributed by atoms with E-state index in [0.717, 1.165) is 19.0 Å². The Morgan fingerprint density at radius 2 is 1.79 bits per heavy atom. The lowest BCUT2D eigenvalue weighted by Crippen LogP contribution is -2.40.